The number of ether oxygens (including phenoxy) is 1. The van der Waals surface area contributed by atoms with Gasteiger partial charge in [0.2, 0.25) is 11.8 Å². The van der Waals surface area contributed by atoms with E-state index < -0.39 is 6.04 Å². The maximum atomic E-state index is 13.8. The van der Waals surface area contributed by atoms with Crippen molar-refractivity contribution in [3.05, 3.63) is 65.2 Å². The molecule has 3 aliphatic heterocycles. The van der Waals surface area contributed by atoms with E-state index in [1.54, 1.807) is 0 Å². The van der Waals surface area contributed by atoms with E-state index in [4.69, 9.17) is 4.74 Å². The number of hydrogen-bond acceptors (Lipinski definition) is 4. The molecule has 1 spiro atoms. The molecule has 0 bridgehead atoms. The van der Waals surface area contributed by atoms with Gasteiger partial charge in [-0.15, -0.1) is 0 Å². The smallest absolute Gasteiger partial charge is 0.246 e. The minimum atomic E-state index is -0.438. The van der Waals surface area contributed by atoms with E-state index in [0.29, 0.717) is 45.1 Å². The summed E-state index contributed by atoms with van der Waals surface area (Å²) in [5.41, 5.74) is 5.14. The normalized spacial score (nSPS) is 24.9. The molecule has 2 aromatic rings. The number of carbonyl (C=O) groups is 2. The number of fused-ring (bicyclic) bond motifs is 3. The van der Waals surface area contributed by atoms with Crippen molar-refractivity contribution in [3.63, 3.8) is 0 Å². The average molecular weight is 474 g/mol. The molecule has 35 heavy (non-hydrogen) atoms. The van der Waals surface area contributed by atoms with E-state index in [1.807, 2.05) is 28.0 Å². The highest BCUT2D eigenvalue weighted by Crippen LogP contribution is 2.50. The maximum Gasteiger partial charge on any atom is 0.246 e. The second-order valence-electron chi connectivity index (χ2n) is 10.6. The van der Waals surface area contributed by atoms with Crippen LogP contribution in [0.5, 0.6) is 0 Å². The molecule has 0 aromatic heterocycles. The molecule has 6 nitrogen and oxygen atoms in total. The quantitative estimate of drug-likeness (QED) is 0.742. The second-order valence-corrected chi connectivity index (χ2v) is 10.6. The molecular weight excluding hydrogens is 438 g/mol. The van der Waals surface area contributed by atoms with Crippen LogP contribution in [-0.4, -0.2) is 62.1 Å². The first kappa shape index (κ1) is 22.7. The van der Waals surface area contributed by atoms with Crippen LogP contribution in [0.2, 0.25) is 0 Å². The number of nitrogens with one attached hydrogen (secondary N) is 1. The van der Waals surface area contributed by atoms with Gasteiger partial charge in [-0.2, -0.15) is 0 Å². The predicted octanol–water partition coefficient (Wildman–Crippen LogP) is 3.08. The van der Waals surface area contributed by atoms with E-state index in [9.17, 15) is 9.59 Å². The molecule has 6 rings (SSSR count). The highest BCUT2D eigenvalue weighted by atomic mass is 16.5. The molecule has 1 N–H and O–H groups in total. The van der Waals surface area contributed by atoms with Crippen molar-refractivity contribution in [2.24, 2.45) is 5.92 Å². The lowest BCUT2D eigenvalue weighted by Gasteiger charge is -2.40. The average Bonchev–Trinajstić information content (AvgIpc) is 3.44. The third-order valence-electron chi connectivity index (χ3n) is 8.86. The minimum Gasteiger partial charge on any atom is -0.378 e. The second kappa shape index (κ2) is 9.40. The summed E-state index contributed by atoms with van der Waals surface area (Å²) in [6, 6.07) is 16.5. The van der Waals surface area contributed by atoms with E-state index in [2.05, 4.69) is 35.6 Å². The Bertz CT molecular complexity index is 1100. The zero-order valence-electron chi connectivity index (χ0n) is 20.4. The van der Waals surface area contributed by atoms with E-state index in [1.165, 1.54) is 11.1 Å². The molecular formula is C29H35N3O3. The first-order valence-electron chi connectivity index (χ1n) is 13.2. The third kappa shape index (κ3) is 3.97. The molecule has 0 radical (unpaired) electrons. The Kier molecular flexibility index (Phi) is 6.11. The van der Waals surface area contributed by atoms with Gasteiger partial charge in [0.1, 0.15) is 6.04 Å². The summed E-state index contributed by atoms with van der Waals surface area (Å²) in [6.45, 7) is 4.41. The summed E-state index contributed by atoms with van der Waals surface area (Å²) in [7, 11) is 0. The summed E-state index contributed by atoms with van der Waals surface area (Å²) in [4.78, 5) is 31.0. The van der Waals surface area contributed by atoms with Crippen LogP contribution in [0.3, 0.4) is 0 Å². The molecule has 3 heterocycles. The summed E-state index contributed by atoms with van der Waals surface area (Å²) in [6.07, 6.45) is 5.26. The van der Waals surface area contributed by atoms with Crippen molar-refractivity contribution in [3.8, 4) is 0 Å². The standard InChI is InChI=1S/C29H35N3O3/c33-27(10-9-23-19-21-5-1-3-7-24(21)29(23)11-13-30-14-12-29)32-25-8-4-2-6-22(25)20-26(32)28(34)31-15-17-35-18-16-31/h1-8,23,26,30H,9-20H2/t23?,26-/m0/s1. The summed E-state index contributed by atoms with van der Waals surface area (Å²) < 4.78 is 5.45. The number of hydrogen-bond donors (Lipinski definition) is 1. The van der Waals surface area contributed by atoms with Crippen LogP contribution >= 0.6 is 0 Å². The zero-order chi connectivity index (χ0) is 23.8. The Morgan fingerprint density at radius 2 is 1.66 bits per heavy atom. The van der Waals surface area contributed by atoms with E-state index in [-0.39, 0.29) is 17.2 Å². The van der Waals surface area contributed by atoms with Crippen LogP contribution in [0.1, 0.15) is 42.4 Å². The lowest BCUT2D eigenvalue weighted by molar-refractivity contribution is -0.138. The molecule has 2 atom stereocenters. The van der Waals surface area contributed by atoms with Gasteiger partial charge in [0, 0.05) is 37.0 Å². The number of nitrogens with zero attached hydrogens (tertiary/aromatic N) is 2. The van der Waals surface area contributed by atoms with Gasteiger partial charge in [-0.25, -0.2) is 0 Å². The highest BCUT2D eigenvalue weighted by Gasteiger charge is 2.47. The molecule has 1 aliphatic carbocycles. The maximum absolute atomic E-state index is 13.8. The summed E-state index contributed by atoms with van der Waals surface area (Å²) in [5, 5.41) is 3.53. The molecule has 6 heteroatoms. The lowest BCUT2D eigenvalue weighted by atomic mass is 9.67. The van der Waals surface area contributed by atoms with Crippen LogP contribution in [0.15, 0.2) is 48.5 Å². The Hall–Kier alpha value is -2.70. The van der Waals surface area contributed by atoms with E-state index in [0.717, 1.165) is 50.0 Å². The van der Waals surface area contributed by atoms with Gasteiger partial charge in [-0.05, 0) is 67.4 Å². The number of para-hydroxylation sites is 1. The minimum absolute atomic E-state index is 0.0564. The number of morpholine rings is 1. The fourth-order valence-electron chi connectivity index (χ4n) is 7.10. The summed E-state index contributed by atoms with van der Waals surface area (Å²) >= 11 is 0. The van der Waals surface area contributed by atoms with Crippen LogP contribution in [-0.2, 0) is 32.6 Å². The van der Waals surface area contributed by atoms with Gasteiger partial charge in [-0.3, -0.25) is 14.5 Å². The number of amides is 2. The third-order valence-corrected chi connectivity index (χ3v) is 8.86. The van der Waals surface area contributed by atoms with Crippen LogP contribution < -0.4 is 10.2 Å². The number of anilines is 1. The van der Waals surface area contributed by atoms with Gasteiger partial charge < -0.3 is 15.0 Å². The zero-order valence-corrected chi connectivity index (χ0v) is 20.4. The lowest BCUT2D eigenvalue weighted by Crippen LogP contribution is -2.52. The van der Waals surface area contributed by atoms with Gasteiger partial charge in [-0.1, -0.05) is 42.5 Å². The number of piperidine rings is 1. The van der Waals surface area contributed by atoms with Crippen molar-refractivity contribution < 1.29 is 14.3 Å². The van der Waals surface area contributed by atoms with Crippen molar-refractivity contribution in [2.45, 2.75) is 50.0 Å². The fourth-order valence-corrected chi connectivity index (χ4v) is 7.10. The van der Waals surface area contributed by atoms with Gasteiger partial charge in [0.25, 0.3) is 0 Å². The molecule has 1 unspecified atom stereocenters. The van der Waals surface area contributed by atoms with Crippen LogP contribution in [0, 0.1) is 5.92 Å². The summed E-state index contributed by atoms with van der Waals surface area (Å²) in [5.74, 6) is 0.611. The topological polar surface area (TPSA) is 61.9 Å². The SMILES string of the molecule is O=C([C@@H]1Cc2ccccc2N1C(=O)CCC1Cc2ccccc2C12CCNCC2)N1CCOCC1. The number of benzene rings is 2. The first-order valence-corrected chi connectivity index (χ1v) is 13.2. The molecule has 2 amide bonds. The van der Waals surface area contributed by atoms with Gasteiger partial charge in [0.15, 0.2) is 0 Å². The van der Waals surface area contributed by atoms with Crippen LogP contribution in [0.4, 0.5) is 5.69 Å². The van der Waals surface area contributed by atoms with Crippen molar-refractivity contribution in [1.29, 1.82) is 0 Å². The number of carbonyl (C=O) groups excluding carboxylic acids is 2. The highest BCUT2D eigenvalue weighted by molar-refractivity contribution is 6.03. The van der Waals surface area contributed by atoms with Crippen LogP contribution in [0.25, 0.3) is 0 Å². The predicted molar refractivity (Wildman–Crippen MR) is 135 cm³/mol. The Labute approximate surface area is 207 Å². The number of rotatable bonds is 4. The van der Waals surface area contributed by atoms with Crippen molar-refractivity contribution in [1.82, 2.24) is 10.2 Å². The van der Waals surface area contributed by atoms with Crippen molar-refractivity contribution >= 4 is 17.5 Å². The molecule has 0 saturated carbocycles. The van der Waals surface area contributed by atoms with Crippen molar-refractivity contribution in [2.75, 3.05) is 44.3 Å². The molecule has 2 saturated heterocycles. The first-order chi connectivity index (χ1) is 17.2. The molecule has 2 fully saturated rings. The fraction of sp³-hybridized carbons (Fsp3) is 0.517. The molecule has 2 aromatic carbocycles. The van der Waals surface area contributed by atoms with E-state index >= 15 is 0 Å². The molecule has 184 valence electrons. The monoisotopic (exact) mass is 473 g/mol. The molecule has 4 aliphatic rings. The van der Waals surface area contributed by atoms with Gasteiger partial charge >= 0.3 is 0 Å². The Balaban J connectivity index is 1.22. The Morgan fingerprint density at radius 3 is 2.46 bits per heavy atom. The Morgan fingerprint density at radius 1 is 0.943 bits per heavy atom. The van der Waals surface area contributed by atoms with Gasteiger partial charge in [0.05, 0.1) is 13.2 Å². The largest absolute Gasteiger partial charge is 0.378 e.